The van der Waals surface area contributed by atoms with Crippen LogP contribution in [0.3, 0.4) is 0 Å². The van der Waals surface area contributed by atoms with Crippen LogP contribution >= 0.6 is 15.9 Å². The first-order chi connectivity index (χ1) is 12.8. The van der Waals surface area contributed by atoms with E-state index in [4.69, 9.17) is 9.47 Å². The lowest BCUT2D eigenvalue weighted by Crippen LogP contribution is -2.80. The van der Waals surface area contributed by atoms with Crippen molar-refractivity contribution < 1.29 is 14.8 Å². The summed E-state index contributed by atoms with van der Waals surface area (Å²) >= 11 is 3.62. The zero-order valence-corrected chi connectivity index (χ0v) is 16.3. The number of nitrogens with two attached hydrogens (primary N) is 1. The average molecular weight is 414 g/mol. The van der Waals surface area contributed by atoms with Gasteiger partial charge >= 0.3 is 0 Å². The molecule has 0 fully saturated rings. The molecule has 0 saturated heterocycles. The van der Waals surface area contributed by atoms with Crippen LogP contribution in [0.5, 0.6) is 11.5 Å². The van der Waals surface area contributed by atoms with Crippen LogP contribution in [0.1, 0.15) is 16.7 Å². The Bertz CT molecular complexity index is 826. The molecule has 3 aromatic rings. The molecule has 134 valence electrons. The minimum Gasteiger partial charge on any atom is -0.493 e. The molecule has 0 aliphatic rings. The highest BCUT2D eigenvalue weighted by atomic mass is 79.9. The molecule has 1 heterocycles. The van der Waals surface area contributed by atoms with E-state index < -0.39 is 0 Å². The Morgan fingerprint density at radius 2 is 1.73 bits per heavy atom. The number of aromatic nitrogens is 1. The minimum absolute atomic E-state index is 0.502. The summed E-state index contributed by atoms with van der Waals surface area (Å²) in [6.07, 6.45) is 3.69. The first-order valence-electron chi connectivity index (χ1n) is 8.50. The van der Waals surface area contributed by atoms with Crippen LogP contribution in [0.4, 0.5) is 0 Å². The Kier molecular flexibility index (Phi) is 6.63. The molecule has 1 aromatic heterocycles. The molecule has 0 unspecified atom stereocenters. The number of hydrogen-bond donors (Lipinski definition) is 1. The molecule has 0 aliphatic heterocycles. The van der Waals surface area contributed by atoms with Gasteiger partial charge in [0.15, 0.2) is 11.5 Å². The van der Waals surface area contributed by atoms with Crippen molar-refractivity contribution in [2.75, 3.05) is 7.11 Å². The topological polar surface area (TPSA) is 48.0 Å². The van der Waals surface area contributed by atoms with E-state index in [1.165, 1.54) is 11.1 Å². The van der Waals surface area contributed by atoms with Crippen molar-refractivity contribution in [1.82, 2.24) is 4.98 Å². The van der Waals surface area contributed by atoms with Gasteiger partial charge in [0, 0.05) is 23.5 Å². The molecular weight excluding hydrogens is 392 g/mol. The number of quaternary nitrogens is 1. The summed E-state index contributed by atoms with van der Waals surface area (Å²) in [6, 6.07) is 18.3. The maximum atomic E-state index is 5.98. The summed E-state index contributed by atoms with van der Waals surface area (Å²) < 4.78 is 12.4. The molecule has 2 N–H and O–H groups in total. The lowest BCUT2D eigenvalue weighted by molar-refractivity contribution is -0.686. The van der Waals surface area contributed by atoms with E-state index in [9.17, 15) is 0 Å². The predicted octanol–water partition coefficient (Wildman–Crippen LogP) is 3.70. The third-order valence-electron chi connectivity index (χ3n) is 4.00. The number of pyridine rings is 1. The summed E-state index contributed by atoms with van der Waals surface area (Å²) in [7, 11) is 1.67. The first-order valence-corrected chi connectivity index (χ1v) is 9.29. The van der Waals surface area contributed by atoms with Gasteiger partial charge in [-0.3, -0.25) is 4.98 Å². The molecule has 0 aliphatic carbocycles. The highest BCUT2D eigenvalue weighted by molar-refractivity contribution is 9.10. The van der Waals surface area contributed by atoms with E-state index in [1.54, 1.807) is 13.3 Å². The SMILES string of the molecule is COc1cc(C[NH2+]Cc2cccnc2)cc(Br)c1OCc1ccccc1. The van der Waals surface area contributed by atoms with Gasteiger partial charge in [0.2, 0.25) is 0 Å². The molecular formula is C21H22BrN2O2+. The third-order valence-corrected chi connectivity index (χ3v) is 4.59. The summed E-state index contributed by atoms with van der Waals surface area (Å²) in [5.41, 5.74) is 3.50. The highest BCUT2D eigenvalue weighted by Gasteiger charge is 2.13. The Hall–Kier alpha value is -2.37. The number of ether oxygens (including phenoxy) is 2. The molecule has 3 rings (SSSR count). The Morgan fingerprint density at radius 3 is 2.46 bits per heavy atom. The monoisotopic (exact) mass is 413 g/mol. The number of hydrogen-bond acceptors (Lipinski definition) is 3. The predicted molar refractivity (Wildman–Crippen MR) is 105 cm³/mol. The van der Waals surface area contributed by atoms with Gasteiger partial charge in [-0.1, -0.05) is 36.4 Å². The second-order valence-electron chi connectivity index (χ2n) is 5.94. The van der Waals surface area contributed by atoms with Crippen molar-refractivity contribution in [3.8, 4) is 11.5 Å². The second kappa shape index (κ2) is 9.36. The Morgan fingerprint density at radius 1 is 0.962 bits per heavy atom. The van der Waals surface area contributed by atoms with Gasteiger partial charge in [-0.25, -0.2) is 0 Å². The first kappa shape index (κ1) is 18.4. The lowest BCUT2D eigenvalue weighted by atomic mass is 10.2. The van der Waals surface area contributed by atoms with Crippen molar-refractivity contribution in [3.63, 3.8) is 0 Å². The molecule has 0 amide bonds. The van der Waals surface area contributed by atoms with Gasteiger partial charge in [0.05, 0.1) is 11.6 Å². The molecule has 5 heteroatoms. The molecule has 0 saturated carbocycles. The number of benzene rings is 2. The molecule has 26 heavy (non-hydrogen) atoms. The van der Waals surface area contributed by atoms with Crippen molar-refractivity contribution in [2.45, 2.75) is 19.7 Å². The fourth-order valence-electron chi connectivity index (χ4n) is 2.69. The highest BCUT2D eigenvalue weighted by Crippen LogP contribution is 2.37. The van der Waals surface area contributed by atoms with Crippen LogP contribution in [0.15, 0.2) is 71.5 Å². The van der Waals surface area contributed by atoms with Gasteiger partial charge in [0.1, 0.15) is 19.7 Å². The zero-order valence-electron chi connectivity index (χ0n) is 14.7. The van der Waals surface area contributed by atoms with Crippen molar-refractivity contribution in [3.05, 3.63) is 88.2 Å². The normalized spacial score (nSPS) is 10.5. The van der Waals surface area contributed by atoms with Crippen LogP contribution in [0.2, 0.25) is 0 Å². The van der Waals surface area contributed by atoms with Crippen LogP contribution < -0.4 is 14.8 Å². The standard InChI is InChI=1S/C21H21BrN2O2/c1-25-20-11-18(14-24-13-17-8-5-9-23-12-17)10-19(22)21(20)26-15-16-6-3-2-4-7-16/h2-12,24H,13-15H2,1H3/p+1. The second-order valence-corrected chi connectivity index (χ2v) is 6.80. The quantitative estimate of drug-likeness (QED) is 0.612. The molecule has 0 radical (unpaired) electrons. The molecule has 2 aromatic carbocycles. The molecule has 0 atom stereocenters. The van der Waals surface area contributed by atoms with Crippen LogP contribution in [0.25, 0.3) is 0 Å². The summed E-state index contributed by atoms with van der Waals surface area (Å²) in [4.78, 5) is 4.14. The number of rotatable bonds is 8. The van der Waals surface area contributed by atoms with Gasteiger partial charge in [-0.05, 0) is 39.7 Å². The van der Waals surface area contributed by atoms with E-state index in [2.05, 4.69) is 38.4 Å². The molecule has 0 bridgehead atoms. The number of halogens is 1. The van der Waals surface area contributed by atoms with Crippen LogP contribution in [-0.4, -0.2) is 12.1 Å². The summed E-state index contributed by atoms with van der Waals surface area (Å²) in [6.45, 7) is 2.24. The minimum atomic E-state index is 0.502. The third kappa shape index (κ3) is 5.07. The van der Waals surface area contributed by atoms with Gasteiger partial charge in [0.25, 0.3) is 0 Å². The van der Waals surface area contributed by atoms with E-state index in [0.717, 1.165) is 34.6 Å². The number of methoxy groups -OCH3 is 1. The average Bonchev–Trinajstić information content (AvgIpc) is 2.68. The van der Waals surface area contributed by atoms with Gasteiger partial charge < -0.3 is 14.8 Å². The number of nitrogens with zero attached hydrogens (tertiary/aromatic N) is 1. The van der Waals surface area contributed by atoms with Gasteiger partial charge in [-0.2, -0.15) is 0 Å². The Balaban J connectivity index is 1.64. The fraction of sp³-hybridized carbons (Fsp3) is 0.190. The lowest BCUT2D eigenvalue weighted by Gasteiger charge is -2.14. The van der Waals surface area contributed by atoms with E-state index in [-0.39, 0.29) is 0 Å². The van der Waals surface area contributed by atoms with E-state index in [1.807, 2.05) is 48.7 Å². The maximum Gasteiger partial charge on any atom is 0.175 e. The zero-order chi connectivity index (χ0) is 18.2. The van der Waals surface area contributed by atoms with E-state index >= 15 is 0 Å². The molecule has 4 nitrogen and oxygen atoms in total. The van der Waals surface area contributed by atoms with Crippen molar-refractivity contribution >= 4 is 15.9 Å². The van der Waals surface area contributed by atoms with Crippen LogP contribution in [-0.2, 0) is 19.7 Å². The van der Waals surface area contributed by atoms with Crippen molar-refractivity contribution in [2.24, 2.45) is 0 Å². The maximum absolute atomic E-state index is 5.98. The fourth-order valence-corrected chi connectivity index (χ4v) is 3.29. The van der Waals surface area contributed by atoms with Crippen molar-refractivity contribution in [1.29, 1.82) is 0 Å². The van der Waals surface area contributed by atoms with E-state index in [0.29, 0.717) is 6.61 Å². The largest absolute Gasteiger partial charge is 0.493 e. The van der Waals surface area contributed by atoms with Gasteiger partial charge in [-0.15, -0.1) is 0 Å². The smallest absolute Gasteiger partial charge is 0.175 e. The summed E-state index contributed by atoms with van der Waals surface area (Å²) in [5, 5.41) is 2.24. The molecule has 0 spiro atoms. The summed E-state index contributed by atoms with van der Waals surface area (Å²) in [5.74, 6) is 1.47. The van der Waals surface area contributed by atoms with Crippen LogP contribution in [0, 0.1) is 0 Å². The Labute approximate surface area is 162 Å².